The second kappa shape index (κ2) is 8.44. The lowest BCUT2D eigenvalue weighted by molar-refractivity contribution is -0.120. The van der Waals surface area contributed by atoms with Crippen molar-refractivity contribution in [2.24, 2.45) is 5.92 Å². The molecule has 25 heavy (non-hydrogen) atoms. The number of sulfonamides is 1. The van der Waals surface area contributed by atoms with E-state index in [1.165, 1.54) is 11.4 Å². The van der Waals surface area contributed by atoms with Crippen molar-refractivity contribution in [3.63, 3.8) is 0 Å². The summed E-state index contributed by atoms with van der Waals surface area (Å²) < 4.78 is 30.2. The number of hydrogen-bond acceptors (Lipinski definition) is 5. The molecule has 0 aliphatic carbocycles. The normalized spacial score (nSPS) is 16.4. The van der Waals surface area contributed by atoms with Gasteiger partial charge < -0.3 is 10.1 Å². The maximum atomic E-state index is 12.4. The fraction of sp³-hybridized carbons (Fsp3) is 0.529. The second-order valence-electron chi connectivity index (χ2n) is 6.05. The predicted molar refractivity (Wildman–Crippen MR) is 94.8 cm³/mol. The van der Waals surface area contributed by atoms with Crippen LogP contribution in [0.3, 0.4) is 0 Å². The van der Waals surface area contributed by atoms with Crippen molar-refractivity contribution in [1.82, 2.24) is 4.31 Å². The maximum absolute atomic E-state index is 12.4. The molecule has 0 bridgehead atoms. The van der Waals surface area contributed by atoms with Gasteiger partial charge in [0.05, 0.1) is 18.4 Å². The summed E-state index contributed by atoms with van der Waals surface area (Å²) >= 11 is 0. The third-order valence-corrected chi connectivity index (χ3v) is 6.33. The molecule has 0 aromatic heterocycles. The summed E-state index contributed by atoms with van der Waals surface area (Å²) in [6.07, 6.45) is 1.61. The van der Waals surface area contributed by atoms with E-state index in [1.54, 1.807) is 24.3 Å². The van der Waals surface area contributed by atoms with Crippen LogP contribution in [0.15, 0.2) is 24.3 Å². The average molecular weight is 368 g/mol. The van der Waals surface area contributed by atoms with Gasteiger partial charge >= 0.3 is 5.97 Å². The van der Waals surface area contributed by atoms with Gasteiger partial charge in [-0.05, 0) is 43.5 Å². The van der Waals surface area contributed by atoms with E-state index in [0.29, 0.717) is 43.6 Å². The lowest BCUT2D eigenvalue weighted by Gasteiger charge is -2.30. The summed E-state index contributed by atoms with van der Waals surface area (Å²) in [5, 5.41) is 2.82. The summed E-state index contributed by atoms with van der Waals surface area (Å²) in [4.78, 5) is 23.7. The van der Waals surface area contributed by atoms with E-state index in [1.807, 2.05) is 6.92 Å². The topological polar surface area (TPSA) is 92.8 Å². The van der Waals surface area contributed by atoms with Crippen LogP contribution in [-0.2, 0) is 19.6 Å². The van der Waals surface area contributed by atoms with Crippen molar-refractivity contribution < 1.29 is 22.7 Å². The number of nitrogens with one attached hydrogen (secondary N) is 1. The minimum atomic E-state index is -3.20. The number of carbonyl (C=O) groups excluding carboxylic acids is 2. The molecule has 1 fully saturated rings. The number of carbonyl (C=O) groups is 2. The van der Waals surface area contributed by atoms with Gasteiger partial charge in [0, 0.05) is 24.7 Å². The molecule has 1 aromatic rings. The smallest absolute Gasteiger partial charge is 0.337 e. The number of nitrogens with zero attached hydrogens (tertiary/aromatic N) is 1. The number of hydrogen-bond donors (Lipinski definition) is 1. The van der Waals surface area contributed by atoms with E-state index < -0.39 is 16.0 Å². The Morgan fingerprint density at radius 2 is 1.80 bits per heavy atom. The first-order chi connectivity index (χ1) is 11.9. The lowest BCUT2D eigenvalue weighted by Crippen LogP contribution is -2.42. The molecule has 1 aromatic carbocycles. The Bertz CT molecular complexity index is 707. The fourth-order valence-corrected chi connectivity index (χ4v) is 4.38. The number of amides is 1. The molecule has 0 radical (unpaired) electrons. The fourth-order valence-electron chi connectivity index (χ4n) is 2.84. The molecule has 7 nitrogen and oxygen atoms in total. The van der Waals surface area contributed by atoms with E-state index in [9.17, 15) is 18.0 Å². The zero-order valence-corrected chi connectivity index (χ0v) is 15.3. The quantitative estimate of drug-likeness (QED) is 0.774. The first-order valence-electron chi connectivity index (χ1n) is 8.34. The van der Waals surface area contributed by atoms with E-state index >= 15 is 0 Å². The highest BCUT2D eigenvalue weighted by Gasteiger charge is 2.30. The molecule has 1 saturated heterocycles. The Morgan fingerprint density at radius 3 is 2.32 bits per heavy atom. The summed E-state index contributed by atoms with van der Waals surface area (Å²) in [6, 6.07) is 6.46. The van der Waals surface area contributed by atoms with Gasteiger partial charge in [-0.3, -0.25) is 4.79 Å². The van der Waals surface area contributed by atoms with Crippen LogP contribution in [-0.4, -0.2) is 50.6 Å². The number of anilines is 1. The van der Waals surface area contributed by atoms with Crippen LogP contribution in [0.2, 0.25) is 0 Å². The minimum absolute atomic E-state index is 0.127. The Hall–Kier alpha value is -1.93. The first kappa shape index (κ1) is 19.4. The Kier molecular flexibility index (Phi) is 6.55. The second-order valence-corrected chi connectivity index (χ2v) is 8.14. The SMILES string of the molecule is CCCS(=O)(=O)N1CCC(C(=O)Nc2ccc(C(=O)OC)cc2)CC1. The zero-order valence-electron chi connectivity index (χ0n) is 14.5. The van der Waals surface area contributed by atoms with Gasteiger partial charge in [-0.25, -0.2) is 17.5 Å². The number of rotatable bonds is 6. The number of benzene rings is 1. The highest BCUT2D eigenvalue weighted by atomic mass is 32.2. The van der Waals surface area contributed by atoms with Gasteiger partial charge in [0.15, 0.2) is 0 Å². The molecule has 1 N–H and O–H groups in total. The molecular weight excluding hydrogens is 344 g/mol. The summed E-state index contributed by atoms with van der Waals surface area (Å²) in [7, 11) is -1.89. The molecule has 0 saturated carbocycles. The Labute approximate surface area is 148 Å². The van der Waals surface area contributed by atoms with Gasteiger partial charge in [-0.2, -0.15) is 0 Å². The van der Waals surface area contributed by atoms with Crippen LogP contribution >= 0.6 is 0 Å². The van der Waals surface area contributed by atoms with Crippen molar-refractivity contribution in [1.29, 1.82) is 0 Å². The molecule has 1 heterocycles. The highest BCUT2D eigenvalue weighted by Crippen LogP contribution is 2.22. The monoisotopic (exact) mass is 368 g/mol. The molecule has 0 spiro atoms. The largest absolute Gasteiger partial charge is 0.465 e. The highest BCUT2D eigenvalue weighted by molar-refractivity contribution is 7.89. The average Bonchev–Trinajstić information content (AvgIpc) is 2.61. The van der Waals surface area contributed by atoms with E-state index in [0.717, 1.165) is 0 Å². The van der Waals surface area contributed by atoms with Crippen molar-refractivity contribution in [3.8, 4) is 0 Å². The molecule has 138 valence electrons. The van der Waals surface area contributed by atoms with Crippen molar-refractivity contribution in [2.45, 2.75) is 26.2 Å². The van der Waals surface area contributed by atoms with E-state index in [2.05, 4.69) is 10.1 Å². The van der Waals surface area contributed by atoms with Gasteiger partial charge in [0.2, 0.25) is 15.9 Å². The third-order valence-electron chi connectivity index (χ3n) is 4.25. The number of esters is 1. The van der Waals surface area contributed by atoms with E-state index in [4.69, 9.17) is 0 Å². The molecule has 8 heteroatoms. The van der Waals surface area contributed by atoms with Crippen molar-refractivity contribution in [2.75, 3.05) is 31.3 Å². The molecule has 0 unspecified atom stereocenters. The van der Waals surface area contributed by atoms with Gasteiger partial charge in [-0.15, -0.1) is 0 Å². The molecule has 1 aliphatic rings. The van der Waals surface area contributed by atoms with Crippen LogP contribution in [0.25, 0.3) is 0 Å². The van der Waals surface area contributed by atoms with Crippen LogP contribution in [0.5, 0.6) is 0 Å². The van der Waals surface area contributed by atoms with Crippen molar-refractivity contribution in [3.05, 3.63) is 29.8 Å². The number of methoxy groups -OCH3 is 1. The van der Waals surface area contributed by atoms with Gasteiger partial charge in [0.25, 0.3) is 0 Å². The minimum Gasteiger partial charge on any atom is -0.465 e. The van der Waals surface area contributed by atoms with Gasteiger partial charge in [-0.1, -0.05) is 6.92 Å². The summed E-state index contributed by atoms with van der Waals surface area (Å²) in [6.45, 7) is 2.59. The lowest BCUT2D eigenvalue weighted by atomic mass is 9.97. The first-order valence-corrected chi connectivity index (χ1v) is 9.95. The number of piperidine rings is 1. The van der Waals surface area contributed by atoms with E-state index in [-0.39, 0.29) is 17.6 Å². The molecular formula is C17H24N2O5S. The van der Waals surface area contributed by atoms with Crippen LogP contribution in [0, 0.1) is 5.92 Å². The molecule has 0 atom stereocenters. The Balaban J connectivity index is 1.89. The number of ether oxygens (including phenoxy) is 1. The summed E-state index contributed by atoms with van der Waals surface area (Å²) in [5.41, 5.74) is 1.01. The standard InChI is InChI=1S/C17H24N2O5S/c1-3-12-25(22,23)19-10-8-13(9-11-19)16(20)18-15-6-4-14(5-7-15)17(21)24-2/h4-7,13H,3,8-12H2,1-2H3,(H,18,20). The van der Waals surface area contributed by atoms with Crippen LogP contribution in [0.4, 0.5) is 5.69 Å². The van der Waals surface area contributed by atoms with Crippen LogP contribution in [0.1, 0.15) is 36.5 Å². The van der Waals surface area contributed by atoms with Crippen molar-refractivity contribution >= 4 is 27.6 Å². The molecule has 1 amide bonds. The molecule has 2 rings (SSSR count). The van der Waals surface area contributed by atoms with Gasteiger partial charge in [0.1, 0.15) is 0 Å². The predicted octanol–water partition coefficient (Wildman–Crippen LogP) is 1.86. The summed E-state index contributed by atoms with van der Waals surface area (Å²) in [5.74, 6) is -0.624. The molecule has 1 aliphatic heterocycles. The maximum Gasteiger partial charge on any atom is 0.337 e. The Morgan fingerprint density at radius 1 is 1.20 bits per heavy atom. The van der Waals surface area contributed by atoms with Crippen LogP contribution < -0.4 is 5.32 Å². The third kappa shape index (κ3) is 5.02. The zero-order chi connectivity index (χ0) is 18.4.